The number of hydrogen-bond donors (Lipinski definition) is 0. The molecule has 7 nitrogen and oxygen atoms in total. The molecular formula is C14H13N3O4. The zero-order chi connectivity index (χ0) is 15.6. The van der Waals surface area contributed by atoms with Gasteiger partial charge in [0.1, 0.15) is 0 Å². The summed E-state index contributed by atoms with van der Waals surface area (Å²) in [5.74, 6) is -0.702. The van der Waals surface area contributed by atoms with E-state index >= 15 is 0 Å². The van der Waals surface area contributed by atoms with E-state index in [-0.39, 0.29) is 23.5 Å². The van der Waals surface area contributed by atoms with Crippen LogP contribution in [0.25, 0.3) is 0 Å². The molecule has 0 saturated carbocycles. The second kappa shape index (κ2) is 5.66. The largest absolute Gasteiger partial charge is 0.332 e. The van der Waals surface area contributed by atoms with E-state index in [1.165, 1.54) is 29.0 Å². The van der Waals surface area contributed by atoms with Crippen molar-refractivity contribution >= 4 is 17.3 Å². The number of benzene rings is 1. The number of carbonyl (C=O) groups excluding carboxylic acids is 2. The topological polar surface area (TPSA) is 95.1 Å². The van der Waals surface area contributed by atoms with Crippen molar-refractivity contribution in [3.63, 3.8) is 0 Å². The van der Waals surface area contributed by atoms with Gasteiger partial charge >= 0.3 is 0 Å². The predicted octanol–water partition coefficient (Wildman–Crippen LogP) is 2.09. The first-order valence-electron chi connectivity index (χ1n) is 6.19. The average molecular weight is 287 g/mol. The van der Waals surface area contributed by atoms with Gasteiger partial charge in [-0.25, -0.2) is 4.98 Å². The van der Waals surface area contributed by atoms with Gasteiger partial charge in [-0.1, -0.05) is 12.1 Å². The van der Waals surface area contributed by atoms with Gasteiger partial charge in [0, 0.05) is 36.6 Å². The van der Waals surface area contributed by atoms with Gasteiger partial charge in [0.25, 0.3) is 5.69 Å². The SMILES string of the molecule is Cc1ccc(C(=O)CC(=O)c2nccn2C)cc1[N+](=O)[O-]. The minimum absolute atomic E-state index is 0.134. The maximum atomic E-state index is 12.1. The number of hydrogen-bond acceptors (Lipinski definition) is 5. The molecule has 0 aliphatic rings. The number of imidazole rings is 1. The van der Waals surface area contributed by atoms with Crippen LogP contribution in [0.5, 0.6) is 0 Å². The third-order valence-corrected chi connectivity index (χ3v) is 3.12. The van der Waals surface area contributed by atoms with Crippen LogP contribution in [0.15, 0.2) is 30.6 Å². The third-order valence-electron chi connectivity index (χ3n) is 3.12. The van der Waals surface area contributed by atoms with Crippen LogP contribution in [0, 0.1) is 17.0 Å². The number of nitro benzene ring substituents is 1. The van der Waals surface area contributed by atoms with Crippen LogP contribution >= 0.6 is 0 Å². The Labute approximate surface area is 120 Å². The van der Waals surface area contributed by atoms with Crippen molar-refractivity contribution in [3.8, 4) is 0 Å². The maximum absolute atomic E-state index is 12.1. The van der Waals surface area contributed by atoms with Crippen LogP contribution < -0.4 is 0 Å². The molecule has 2 aromatic rings. The highest BCUT2D eigenvalue weighted by Gasteiger charge is 2.19. The Bertz CT molecular complexity index is 734. The normalized spacial score (nSPS) is 10.4. The molecule has 0 fully saturated rings. The Morgan fingerprint density at radius 2 is 2.05 bits per heavy atom. The van der Waals surface area contributed by atoms with Gasteiger partial charge in [0.15, 0.2) is 11.6 Å². The quantitative estimate of drug-likeness (QED) is 0.363. The molecule has 1 aromatic heterocycles. The van der Waals surface area contributed by atoms with Gasteiger partial charge in [-0.15, -0.1) is 0 Å². The van der Waals surface area contributed by atoms with Gasteiger partial charge < -0.3 is 4.57 Å². The van der Waals surface area contributed by atoms with Crippen LogP contribution in [-0.4, -0.2) is 26.0 Å². The summed E-state index contributed by atoms with van der Waals surface area (Å²) in [5, 5.41) is 10.9. The average Bonchev–Trinajstić information content (AvgIpc) is 2.85. The first-order valence-corrected chi connectivity index (χ1v) is 6.19. The molecule has 21 heavy (non-hydrogen) atoms. The van der Waals surface area contributed by atoms with E-state index in [4.69, 9.17) is 0 Å². The Kier molecular flexibility index (Phi) is 3.93. The monoisotopic (exact) mass is 287 g/mol. The second-order valence-corrected chi connectivity index (χ2v) is 4.64. The summed E-state index contributed by atoms with van der Waals surface area (Å²) < 4.78 is 1.52. The van der Waals surface area contributed by atoms with Gasteiger partial charge in [0.2, 0.25) is 5.78 Å². The number of carbonyl (C=O) groups is 2. The summed E-state index contributed by atoms with van der Waals surface area (Å²) >= 11 is 0. The van der Waals surface area contributed by atoms with E-state index < -0.39 is 16.5 Å². The Morgan fingerprint density at radius 3 is 2.62 bits per heavy atom. The lowest BCUT2D eigenvalue weighted by atomic mass is 10.0. The Balaban J connectivity index is 2.21. The van der Waals surface area contributed by atoms with E-state index in [9.17, 15) is 19.7 Å². The molecule has 0 atom stereocenters. The molecule has 7 heteroatoms. The summed E-state index contributed by atoms with van der Waals surface area (Å²) in [6, 6.07) is 4.18. The predicted molar refractivity (Wildman–Crippen MR) is 74.3 cm³/mol. The maximum Gasteiger partial charge on any atom is 0.273 e. The fourth-order valence-corrected chi connectivity index (χ4v) is 1.94. The number of ketones is 2. The molecular weight excluding hydrogens is 274 g/mol. The number of aryl methyl sites for hydroxylation is 2. The molecule has 1 aromatic carbocycles. The van der Waals surface area contributed by atoms with Crippen molar-refractivity contribution in [1.82, 2.24) is 9.55 Å². The lowest BCUT2D eigenvalue weighted by Crippen LogP contribution is -2.13. The summed E-state index contributed by atoms with van der Waals surface area (Å²) in [4.78, 5) is 38.2. The summed E-state index contributed by atoms with van der Waals surface area (Å²) in [6.45, 7) is 1.59. The number of aromatic nitrogens is 2. The highest BCUT2D eigenvalue weighted by molar-refractivity contribution is 6.12. The highest BCUT2D eigenvalue weighted by atomic mass is 16.6. The first-order chi connectivity index (χ1) is 9.90. The molecule has 0 radical (unpaired) electrons. The fraction of sp³-hybridized carbons (Fsp3) is 0.214. The van der Waals surface area contributed by atoms with Crippen LogP contribution in [0.1, 0.15) is 33.0 Å². The Hall–Kier alpha value is -2.83. The second-order valence-electron chi connectivity index (χ2n) is 4.64. The van der Waals surface area contributed by atoms with E-state index in [0.29, 0.717) is 5.56 Å². The first kappa shape index (κ1) is 14.6. The van der Waals surface area contributed by atoms with Crippen molar-refractivity contribution < 1.29 is 14.5 Å². The molecule has 0 amide bonds. The molecule has 0 spiro atoms. The number of rotatable bonds is 5. The van der Waals surface area contributed by atoms with E-state index in [2.05, 4.69) is 4.98 Å². The molecule has 0 saturated heterocycles. The summed E-state index contributed by atoms with van der Waals surface area (Å²) in [6.07, 6.45) is 2.70. The smallest absolute Gasteiger partial charge is 0.273 e. The third kappa shape index (κ3) is 3.02. The van der Waals surface area contributed by atoms with Crippen LogP contribution in [0.3, 0.4) is 0 Å². The van der Waals surface area contributed by atoms with Crippen LogP contribution in [0.2, 0.25) is 0 Å². The minimum Gasteiger partial charge on any atom is -0.332 e. The van der Waals surface area contributed by atoms with E-state index in [0.717, 1.165) is 0 Å². The lowest BCUT2D eigenvalue weighted by molar-refractivity contribution is -0.385. The van der Waals surface area contributed by atoms with Crippen LogP contribution in [-0.2, 0) is 7.05 Å². The Morgan fingerprint density at radius 1 is 1.33 bits per heavy atom. The zero-order valence-electron chi connectivity index (χ0n) is 11.6. The molecule has 0 unspecified atom stereocenters. The van der Waals surface area contributed by atoms with Gasteiger partial charge in [-0.05, 0) is 6.92 Å². The van der Waals surface area contributed by atoms with Gasteiger partial charge in [-0.3, -0.25) is 19.7 Å². The van der Waals surface area contributed by atoms with Gasteiger partial charge in [0.05, 0.1) is 11.3 Å². The van der Waals surface area contributed by atoms with E-state index in [1.54, 1.807) is 20.2 Å². The summed E-state index contributed by atoms with van der Waals surface area (Å²) in [7, 11) is 1.65. The minimum atomic E-state index is -0.549. The fourth-order valence-electron chi connectivity index (χ4n) is 1.94. The van der Waals surface area contributed by atoms with Crippen LogP contribution in [0.4, 0.5) is 5.69 Å². The number of Topliss-reactive ketones (excluding diaryl/α,β-unsaturated/α-hetero) is 2. The van der Waals surface area contributed by atoms with Crippen molar-refractivity contribution in [2.24, 2.45) is 7.05 Å². The number of nitro groups is 1. The highest BCUT2D eigenvalue weighted by Crippen LogP contribution is 2.20. The lowest BCUT2D eigenvalue weighted by Gasteiger charge is -2.03. The zero-order valence-corrected chi connectivity index (χ0v) is 11.6. The van der Waals surface area contributed by atoms with Crippen molar-refractivity contribution in [2.75, 3.05) is 0 Å². The molecule has 0 aliphatic heterocycles. The molecule has 1 heterocycles. The molecule has 0 bridgehead atoms. The van der Waals surface area contributed by atoms with Crippen molar-refractivity contribution in [1.29, 1.82) is 0 Å². The standard InChI is InChI=1S/C14H13N3O4/c1-9-3-4-10(7-11(9)17(20)21)12(18)8-13(19)14-15-5-6-16(14)2/h3-7H,8H2,1-2H3. The molecule has 2 rings (SSSR count). The van der Waals surface area contributed by atoms with E-state index in [1.807, 2.05) is 0 Å². The molecule has 0 aliphatic carbocycles. The van der Waals surface area contributed by atoms with Gasteiger partial charge in [-0.2, -0.15) is 0 Å². The summed E-state index contributed by atoms with van der Waals surface area (Å²) in [5.41, 5.74) is 0.479. The molecule has 0 N–H and O–H groups in total. The van der Waals surface area contributed by atoms with Crippen molar-refractivity contribution in [3.05, 3.63) is 57.7 Å². The number of nitrogens with zero attached hydrogens (tertiary/aromatic N) is 3. The molecule has 108 valence electrons. The van der Waals surface area contributed by atoms with Crippen molar-refractivity contribution in [2.45, 2.75) is 13.3 Å².